The zero-order chi connectivity index (χ0) is 18.3. The third kappa shape index (κ3) is 3.80. The minimum Gasteiger partial charge on any atom is -0.282 e. The number of halogens is 2. The van der Waals surface area contributed by atoms with E-state index in [9.17, 15) is 16.8 Å². The smallest absolute Gasteiger partial charge is 0.282 e. The van der Waals surface area contributed by atoms with E-state index in [1.165, 1.54) is 0 Å². The van der Waals surface area contributed by atoms with E-state index in [2.05, 4.69) is 14.7 Å². The molecule has 0 radical (unpaired) electrons. The van der Waals surface area contributed by atoms with Crippen LogP contribution in [0.25, 0.3) is 10.5 Å². The molecule has 0 aliphatic rings. The lowest BCUT2D eigenvalue weighted by Crippen LogP contribution is -2.14. The summed E-state index contributed by atoms with van der Waals surface area (Å²) in [6.45, 7) is 7.05. The van der Waals surface area contributed by atoms with Crippen LogP contribution in [0.5, 0.6) is 0 Å². The highest BCUT2D eigenvalue weighted by molar-refractivity contribution is 7.92. The van der Waals surface area contributed by atoms with Crippen LogP contribution in [-0.2, 0) is 20.1 Å². The molecule has 0 bridgehead atoms. The number of aromatic nitrogens is 2. The van der Waals surface area contributed by atoms with Gasteiger partial charge in [0.05, 0.1) is 34.0 Å². The highest BCUT2D eigenvalue weighted by atomic mass is 35.5. The van der Waals surface area contributed by atoms with Crippen LogP contribution in [0, 0.1) is 6.57 Å². The molecule has 0 aliphatic heterocycles. The normalized spacial score (nSPS) is 12.0. The summed E-state index contributed by atoms with van der Waals surface area (Å²) in [4.78, 5) is 2.59. The van der Waals surface area contributed by atoms with E-state index in [-0.39, 0.29) is 27.2 Å². The molecule has 2 N–H and O–H groups in total. The number of nitrogens with one attached hydrogen (secondary N) is 1. The zero-order valence-electron chi connectivity index (χ0n) is 11.7. The molecular formula is C11H8Cl2N4O5S2. The minimum atomic E-state index is -4.54. The fraction of sp³-hybridized carbons (Fsp3) is 0.0909. The number of rotatable bonds is 4. The summed E-state index contributed by atoms with van der Waals surface area (Å²) in [6.07, 6.45) is 1.96. The lowest BCUT2D eigenvalue weighted by atomic mass is 10.3. The second kappa shape index (κ2) is 6.23. The highest BCUT2D eigenvalue weighted by Crippen LogP contribution is 2.36. The number of benzene rings is 1. The first-order chi connectivity index (χ1) is 10.9. The third-order valence-corrected chi connectivity index (χ3v) is 4.62. The van der Waals surface area contributed by atoms with Gasteiger partial charge in [-0.1, -0.05) is 23.2 Å². The lowest BCUT2D eigenvalue weighted by Gasteiger charge is -2.13. The summed E-state index contributed by atoms with van der Waals surface area (Å²) in [6, 6.07) is 1.84. The molecular weight excluding hydrogens is 403 g/mol. The van der Waals surface area contributed by atoms with Gasteiger partial charge in [0.1, 0.15) is 11.5 Å². The van der Waals surface area contributed by atoms with E-state index in [0.29, 0.717) is 0 Å². The Morgan fingerprint density at radius 1 is 1.25 bits per heavy atom. The van der Waals surface area contributed by atoms with Crippen molar-refractivity contribution in [1.29, 1.82) is 0 Å². The molecule has 1 aromatic carbocycles. The van der Waals surface area contributed by atoms with Crippen LogP contribution in [0.4, 0.5) is 11.5 Å². The molecule has 0 amide bonds. The van der Waals surface area contributed by atoms with Crippen molar-refractivity contribution in [1.82, 2.24) is 9.78 Å². The number of anilines is 1. The fourth-order valence-corrected chi connectivity index (χ4v) is 3.61. The second-order valence-corrected chi connectivity index (χ2v) is 8.47. The summed E-state index contributed by atoms with van der Waals surface area (Å²) < 4.78 is 57.4. The molecule has 0 unspecified atom stereocenters. The minimum absolute atomic E-state index is 0.0632. The fourth-order valence-electron chi connectivity index (χ4n) is 1.76. The van der Waals surface area contributed by atoms with Crippen LogP contribution in [-0.4, -0.2) is 37.4 Å². The molecule has 128 valence electrons. The monoisotopic (exact) mass is 410 g/mol. The van der Waals surface area contributed by atoms with Gasteiger partial charge in [-0.15, -0.1) is 0 Å². The predicted molar refractivity (Wildman–Crippen MR) is 88.1 cm³/mol. The largest absolute Gasteiger partial charge is 0.294 e. The van der Waals surface area contributed by atoms with Crippen molar-refractivity contribution < 1.29 is 21.4 Å². The summed E-state index contributed by atoms with van der Waals surface area (Å²) >= 11 is 12.0. The summed E-state index contributed by atoms with van der Waals surface area (Å²) in [5.74, 6) is -0.212. The lowest BCUT2D eigenvalue weighted by molar-refractivity contribution is 0.483. The molecule has 0 fully saturated rings. The molecule has 0 saturated carbocycles. The van der Waals surface area contributed by atoms with Crippen LogP contribution in [0.2, 0.25) is 10.0 Å². The number of sulfonamides is 1. The maximum atomic E-state index is 11.5. The van der Waals surface area contributed by atoms with E-state index in [1.54, 1.807) is 0 Å². The van der Waals surface area contributed by atoms with Crippen molar-refractivity contribution in [3.8, 4) is 5.69 Å². The van der Waals surface area contributed by atoms with Crippen LogP contribution in [0.3, 0.4) is 0 Å². The summed E-state index contributed by atoms with van der Waals surface area (Å²) in [5, 5.41) is 3.39. The van der Waals surface area contributed by atoms with Gasteiger partial charge < -0.3 is 0 Å². The van der Waals surface area contributed by atoms with Gasteiger partial charge in [-0.3, -0.25) is 9.27 Å². The van der Waals surface area contributed by atoms with Crippen molar-refractivity contribution in [2.24, 2.45) is 0 Å². The van der Waals surface area contributed by atoms with E-state index >= 15 is 0 Å². The predicted octanol–water partition coefficient (Wildman–Crippen LogP) is 2.35. The Kier molecular flexibility index (Phi) is 4.80. The van der Waals surface area contributed by atoms with Gasteiger partial charge in [-0.2, -0.15) is 13.5 Å². The average Bonchev–Trinajstić information content (AvgIpc) is 2.77. The molecule has 13 heteroatoms. The van der Waals surface area contributed by atoms with Crippen molar-refractivity contribution in [2.45, 2.75) is 4.90 Å². The number of hydrogen-bond donors (Lipinski definition) is 2. The van der Waals surface area contributed by atoms with Crippen molar-refractivity contribution in [2.75, 3.05) is 11.0 Å². The second-order valence-electron chi connectivity index (χ2n) is 4.49. The maximum absolute atomic E-state index is 11.5. The molecule has 1 aromatic heterocycles. The first kappa shape index (κ1) is 18.5. The Morgan fingerprint density at radius 2 is 1.79 bits per heavy atom. The molecule has 2 rings (SSSR count). The summed E-state index contributed by atoms with van der Waals surface area (Å²) in [7, 11) is -8.29. The average molecular weight is 411 g/mol. The third-order valence-electron chi connectivity index (χ3n) is 2.65. The zero-order valence-corrected chi connectivity index (χ0v) is 14.9. The quantitative estimate of drug-likeness (QED) is 0.588. The molecule has 1 heterocycles. The number of nitrogens with zero attached hydrogens (tertiary/aromatic N) is 3. The van der Waals surface area contributed by atoms with Crippen molar-refractivity contribution >= 4 is 54.8 Å². The SMILES string of the molecule is [C-]#[N+]c1cnn(-c2c(Cl)cc(S(=O)(=O)O)cc2Cl)c1NS(C)(=O)=O. The van der Waals surface area contributed by atoms with E-state index < -0.39 is 25.0 Å². The molecule has 9 nitrogen and oxygen atoms in total. The first-order valence-electron chi connectivity index (χ1n) is 5.84. The molecule has 0 saturated heterocycles. The van der Waals surface area contributed by atoms with Gasteiger partial charge in [0.25, 0.3) is 10.1 Å². The number of hydrogen-bond acceptors (Lipinski definition) is 5. The maximum Gasteiger partial charge on any atom is 0.294 e. The molecule has 0 aliphatic carbocycles. The van der Waals surface area contributed by atoms with Crippen LogP contribution < -0.4 is 4.72 Å². The van der Waals surface area contributed by atoms with Gasteiger partial charge in [0, 0.05) is 0 Å². The summed E-state index contributed by atoms with van der Waals surface area (Å²) in [5.41, 5.74) is -0.182. The van der Waals surface area contributed by atoms with Gasteiger partial charge in [-0.05, 0) is 12.1 Å². The van der Waals surface area contributed by atoms with Crippen LogP contribution in [0.15, 0.2) is 23.2 Å². The topological polar surface area (TPSA) is 123 Å². The Balaban J connectivity index is 2.75. The van der Waals surface area contributed by atoms with Gasteiger partial charge in [-0.25, -0.2) is 17.9 Å². The molecule has 0 atom stereocenters. The Labute approximate surface area is 147 Å². The Bertz CT molecular complexity index is 1050. The van der Waals surface area contributed by atoms with Gasteiger partial charge >= 0.3 is 0 Å². The van der Waals surface area contributed by atoms with Crippen LogP contribution >= 0.6 is 23.2 Å². The van der Waals surface area contributed by atoms with Gasteiger partial charge in [0.2, 0.25) is 15.7 Å². The molecule has 24 heavy (non-hydrogen) atoms. The molecule has 0 spiro atoms. The first-order valence-corrected chi connectivity index (χ1v) is 9.93. The molecule has 2 aromatic rings. The van der Waals surface area contributed by atoms with Gasteiger partial charge in [0.15, 0.2) is 0 Å². The van der Waals surface area contributed by atoms with E-state index in [1.807, 2.05) is 0 Å². The van der Waals surface area contributed by atoms with Crippen LogP contribution in [0.1, 0.15) is 0 Å². The standard InChI is InChI=1S/C11H8Cl2N4O5S2/c1-14-9-5-15-17(11(9)16-23(2,18)19)10-7(12)3-6(4-8(10)13)24(20,21)22/h3-5,16H,2H3,(H,20,21,22). The highest BCUT2D eigenvalue weighted by Gasteiger charge is 2.22. The van der Waals surface area contributed by atoms with E-state index in [4.69, 9.17) is 34.3 Å². The van der Waals surface area contributed by atoms with Crippen molar-refractivity contribution in [3.63, 3.8) is 0 Å². The van der Waals surface area contributed by atoms with E-state index in [0.717, 1.165) is 29.3 Å². The Hall–Kier alpha value is -1.84. The van der Waals surface area contributed by atoms with Crippen molar-refractivity contribution in [3.05, 3.63) is 39.8 Å². The Morgan fingerprint density at radius 3 is 2.21 bits per heavy atom.